The molecule has 0 unspecified atom stereocenters. The minimum absolute atomic E-state index is 0.368. The summed E-state index contributed by atoms with van der Waals surface area (Å²) in [5.41, 5.74) is 1.65. The number of nitrogens with one attached hydrogen (secondary N) is 2. The second-order valence-corrected chi connectivity index (χ2v) is 3.33. The highest BCUT2D eigenvalue weighted by molar-refractivity contribution is 5.95. The van der Waals surface area contributed by atoms with Crippen molar-refractivity contribution in [2.45, 2.75) is 13.1 Å². The Morgan fingerprint density at radius 1 is 1.17 bits per heavy atom. The van der Waals surface area contributed by atoms with Gasteiger partial charge in [-0.3, -0.25) is 20.4 Å². The molecule has 0 saturated heterocycles. The van der Waals surface area contributed by atoms with Crippen LogP contribution < -0.4 is 10.9 Å². The van der Waals surface area contributed by atoms with Crippen molar-refractivity contribution in [1.82, 2.24) is 10.9 Å². The number of carbonyl (C=O) groups is 2. The Kier molecular flexibility index (Phi) is 3.89. The van der Waals surface area contributed by atoms with Gasteiger partial charge in [-0.1, -0.05) is 0 Å². The van der Waals surface area contributed by atoms with Crippen LogP contribution >= 0.6 is 0 Å². The van der Waals surface area contributed by atoms with E-state index in [0.29, 0.717) is 18.2 Å². The number of rotatable bonds is 1. The van der Waals surface area contributed by atoms with Gasteiger partial charge in [0.2, 0.25) is 5.91 Å². The standard InChI is InChI=1S/C10H8F4N2O2/c1-5(17)15-16-9(18)7-4-6(10(12,13)14)2-3-8(7)11/h2-4H,1H3,(H,15,17)(H,16,18). The van der Waals surface area contributed by atoms with E-state index < -0.39 is 34.9 Å². The SMILES string of the molecule is CC(=O)NNC(=O)c1cc(C(F)(F)F)ccc1F. The number of halogens is 4. The van der Waals surface area contributed by atoms with Crippen LogP contribution in [0.3, 0.4) is 0 Å². The van der Waals surface area contributed by atoms with Gasteiger partial charge in [0.05, 0.1) is 11.1 Å². The van der Waals surface area contributed by atoms with E-state index in [2.05, 4.69) is 0 Å². The quantitative estimate of drug-likeness (QED) is 0.598. The highest BCUT2D eigenvalue weighted by atomic mass is 19.4. The maximum absolute atomic E-state index is 13.2. The highest BCUT2D eigenvalue weighted by Crippen LogP contribution is 2.30. The maximum Gasteiger partial charge on any atom is 0.416 e. The van der Waals surface area contributed by atoms with Crippen LogP contribution in [0.15, 0.2) is 18.2 Å². The molecule has 1 rings (SSSR count). The van der Waals surface area contributed by atoms with Crippen LogP contribution in [0.5, 0.6) is 0 Å². The highest BCUT2D eigenvalue weighted by Gasteiger charge is 2.31. The van der Waals surface area contributed by atoms with E-state index in [9.17, 15) is 27.2 Å². The first-order valence-electron chi connectivity index (χ1n) is 4.65. The van der Waals surface area contributed by atoms with Gasteiger partial charge < -0.3 is 0 Å². The van der Waals surface area contributed by atoms with Gasteiger partial charge in [0.15, 0.2) is 0 Å². The second kappa shape index (κ2) is 5.03. The van der Waals surface area contributed by atoms with Crippen LogP contribution in [-0.4, -0.2) is 11.8 Å². The molecule has 0 saturated carbocycles. The lowest BCUT2D eigenvalue weighted by atomic mass is 10.1. The molecule has 98 valence electrons. The minimum atomic E-state index is -4.68. The summed E-state index contributed by atoms with van der Waals surface area (Å²) in [6.07, 6.45) is -4.68. The van der Waals surface area contributed by atoms with Crippen LogP contribution in [-0.2, 0) is 11.0 Å². The van der Waals surface area contributed by atoms with Gasteiger partial charge in [-0.2, -0.15) is 13.2 Å². The summed E-state index contributed by atoms with van der Waals surface area (Å²) in [4.78, 5) is 21.8. The molecule has 18 heavy (non-hydrogen) atoms. The average molecular weight is 264 g/mol. The van der Waals surface area contributed by atoms with E-state index in [-0.39, 0.29) is 0 Å². The zero-order chi connectivity index (χ0) is 13.9. The van der Waals surface area contributed by atoms with E-state index >= 15 is 0 Å². The van der Waals surface area contributed by atoms with Gasteiger partial charge in [0.1, 0.15) is 5.82 Å². The van der Waals surface area contributed by atoms with E-state index in [1.165, 1.54) is 0 Å². The number of hydrazine groups is 1. The fourth-order valence-electron chi connectivity index (χ4n) is 1.09. The molecule has 2 amide bonds. The van der Waals surface area contributed by atoms with E-state index in [1.54, 1.807) is 5.43 Å². The van der Waals surface area contributed by atoms with Gasteiger partial charge in [-0.25, -0.2) is 4.39 Å². The van der Waals surface area contributed by atoms with Gasteiger partial charge in [0, 0.05) is 6.92 Å². The summed E-state index contributed by atoms with van der Waals surface area (Å²) in [7, 11) is 0. The van der Waals surface area contributed by atoms with Gasteiger partial charge in [-0.05, 0) is 18.2 Å². The van der Waals surface area contributed by atoms with Crippen molar-refractivity contribution in [3.05, 3.63) is 35.1 Å². The lowest BCUT2D eigenvalue weighted by molar-refractivity contribution is -0.137. The Balaban J connectivity index is 3.01. The molecule has 0 aromatic heterocycles. The topological polar surface area (TPSA) is 58.2 Å². The molecule has 0 radical (unpaired) electrons. The average Bonchev–Trinajstić information content (AvgIpc) is 2.24. The molecule has 0 aliphatic carbocycles. The molecule has 0 atom stereocenters. The summed E-state index contributed by atoms with van der Waals surface area (Å²) in [5, 5.41) is 0. The number of amides is 2. The Bertz CT molecular complexity index is 485. The normalized spacial score (nSPS) is 10.9. The molecule has 2 N–H and O–H groups in total. The molecule has 0 fully saturated rings. The van der Waals surface area contributed by atoms with Crippen molar-refractivity contribution in [3.63, 3.8) is 0 Å². The number of alkyl halides is 3. The smallest absolute Gasteiger partial charge is 0.274 e. The van der Waals surface area contributed by atoms with E-state index in [1.807, 2.05) is 5.43 Å². The predicted octanol–water partition coefficient (Wildman–Crippen LogP) is 1.63. The lowest BCUT2D eigenvalue weighted by Crippen LogP contribution is -2.40. The third-order valence-corrected chi connectivity index (χ3v) is 1.89. The molecule has 0 spiro atoms. The zero-order valence-electron chi connectivity index (χ0n) is 9.06. The summed E-state index contributed by atoms with van der Waals surface area (Å²) in [5.74, 6) is -2.93. The second-order valence-electron chi connectivity index (χ2n) is 3.33. The molecular weight excluding hydrogens is 256 g/mol. The molecular formula is C10H8F4N2O2. The summed E-state index contributed by atoms with van der Waals surface area (Å²) in [6, 6.07) is 1.42. The van der Waals surface area contributed by atoms with Crippen molar-refractivity contribution < 1.29 is 27.2 Å². The maximum atomic E-state index is 13.2. The Morgan fingerprint density at radius 2 is 1.78 bits per heavy atom. The summed E-state index contributed by atoms with van der Waals surface area (Å²) >= 11 is 0. The van der Waals surface area contributed by atoms with Crippen LogP contribution in [0.4, 0.5) is 17.6 Å². The summed E-state index contributed by atoms with van der Waals surface area (Å²) < 4.78 is 50.3. The van der Waals surface area contributed by atoms with Crippen LogP contribution in [0, 0.1) is 5.82 Å². The van der Waals surface area contributed by atoms with Crippen LogP contribution in [0.1, 0.15) is 22.8 Å². The fourth-order valence-corrected chi connectivity index (χ4v) is 1.09. The van der Waals surface area contributed by atoms with Crippen LogP contribution in [0.2, 0.25) is 0 Å². The molecule has 0 aliphatic heterocycles. The molecule has 0 heterocycles. The Labute approximate surface area is 98.9 Å². The predicted molar refractivity (Wildman–Crippen MR) is 52.7 cm³/mol. The molecule has 1 aromatic carbocycles. The Morgan fingerprint density at radius 3 is 2.28 bits per heavy atom. The number of carbonyl (C=O) groups excluding carboxylic acids is 2. The van der Waals surface area contributed by atoms with Crippen molar-refractivity contribution in [1.29, 1.82) is 0 Å². The molecule has 1 aromatic rings. The van der Waals surface area contributed by atoms with Crippen molar-refractivity contribution >= 4 is 11.8 Å². The Hall–Kier alpha value is -2.12. The fraction of sp³-hybridized carbons (Fsp3) is 0.200. The van der Waals surface area contributed by atoms with E-state index in [0.717, 1.165) is 6.92 Å². The largest absolute Gasteiger partial charge is 0.416 e. The molecule has 8 heteroatoms. The molecule has 0 bridgehead atoms. The zero-order valence-corrected chi connectivity index (χ0v) is 9.06. The minimum Gasteiger partial charge on any atom is -0.274 e. The monoisotopic (exact) mass is 264 g/mol. The lowest BCUT2D eigenvalue weighted by Gasteiger charge is -2.10. The van der Waals surface area contributed by atoms with Gasteiger partial charge in [0.25, 0.3) is 5.91 Å². The number of hydrogen-bond donors (Lipinski definition) is 2. The van der Waals surface area contributed by atoms with Crippen LogP contribution in [0.25, 0.3) is 0 Å². The van der Waals surface area contributed by atoms with Crippen molar-refractivity contribution in [2.24, 2.45) is 0 Å². The number of hydrogen-bond acceptors (Lipinski definition) is 2. The van der Waals surface area contributed by atoms with Gasteiger partial charge in [-0.15, -0.1) is 0 Å². The first-order chi connectivity index (χ1) is 8.21. The molecule has 4 nitrogen and oxygen atoms in total. The van der Waals surface area contributed by atoms with Crippen molar-refractivity contribution in [2.75, 3.05) is 0 Å². The first kappa shape index (κ1) is 13.9. The summed E-state index contributed by atoms with van der Waals surface area (Å²) in [6.45, 7) is 1.07. The number of benzene rings is 1. The molecule has 0 aliphatic rings. The first-order valence-corrected chi connectivity index (χ1v) is 4.65. The van der Waals surface area contributed by atoms with Gasteiger partial charge >= 0.3 is 6.18 Å². The third-order valence-electron chi connectivity index (χ3n) is 1.89. The third kappa shape index (κ3) is 3.44. The van der Waals surface area contributed by atoms with E-state index in [4.69, 9.17) is 0 Å². The van der Waals surface area contributed by atoms with Crippen molar-refractivity contribution in [3.8, 4) is 0 Å².